The second-order valence-electron chi connectivity index (χ2n) is 11.2. The number of hydrogen-bond acceptors (Lipinski definition) is 5. The van der Waals surface area contributed by atoms with Crippen molar-refractivity contribution in [2.24, 2.45) is 11.3 Å². The molecule has 0 unspecified atom stereocenters. The highest BCUT2D eigenvalue weighted by atomic mass is 16.1. The summed E-state index contributed by atoms with van der Waals surface area (Å²) < 4.78 is 2.30. The molecule has 35 heavy (non-hydrogen) atoms. The highest BCUT2D eigenvalue weighted by molar-refractivity contribution is 6.01. The average Bonchev–Trinajstić information content (AvgIpc) is 3.60. The fourth-order valence-corrected chi connectivity index (χ4v) is 7.28. The zero-order valence-electron chi connectivity index (χ0n) is 20.0. The number of nitriles is 2. The van der Waals surface area contributed by atoms with E-state index in [1.54, 1.807) is 6.20 Å². The van der Waals surface area contributed by atoms with E-state index in [0.29, 0.717) is 18.8 Å². The van der Waals surface area contributed by atoms with Crippen LogP contribution in [0.25, 0.3) is 22.1 Å². The molecular weight excluding hydrogens is 438 g/mol. The number of hydrogen-bond donors (Lipinski definition) is 2. The molecule has 8 heteroatoms. The van der Waals surface area contributed by atoms with Gasteiger partial charge in [-0.25, -0.2) is 9.97 Å². The van der Waals surface area contributed by atoms with Gasteiger partial charge in [-0.3, -0.25) is 4.79 Å². The molecule has 3 saturated carbocycles. The van der Waals surface area contributed by atoms with E-state index in [2.05, 4.69) is 32.0 Å². The average molecular weight is 470 g/mol. The van der Waals surface area contributed by atoms with Crippen molar-refractivity contribution in [3.63, 3.8) is 0 Å². The van der Waals surface area contributed by atoms with Gasteiger partial charge < -0.3 is 14.9 Å². The third kappa shape index (κ3) is 3.76. The molecule has 3 heterocycles. The standard InChI is InChI=1S/C27H31N7O/c28-12-5-18-1-3-19(4-2-18)34-22(32-21-16-31-25-20(24(21)34)6-14-30-25)15-23(35)33-27-9-7-26(17-27,8-10-27)11-13-29/h6,14,16,18-19H,1-5,7-11,15,17H2,(H,30,31)(H,33,35). The van der Waals surface area contributed by atoms with Crippen molar-refractivity contribution in [1.29, 1.82) is 10.5 Å². The highest BCUT2D eigenvalue weighted by Gasteiger charge is 2.54. The number of fused-ring (bicyclic) bond motifs is 5. The molecule has 0 spiro atoms. The third-order valence-corrected chi connectivity index (χ3v) is 9.03. The van der Waals surface area contributed by atoms with E-state index in [9.17, 15) is 10.1 Å². The normalized spacial score (nSPS) is 29.9. The van der Waals surface area contributed by atoms with Gasteiger partial charge in [0, 0.05) is 36.0 Å². The van der Waals surface area contributed by atoms with E-state index in [1.807, 2.05) is 12.3 Å². The summed E-state index contributed by atoms with van der Waals surface area (Å²) in [4.78, 5) is 26.0. The fraction of sp³-hybridized carbons (Fsp3) is 0.593. The maximum atomic E-state index is 13.4. The molecule has 6 rings (SSSR count). The Hall–Kier alpha value is -3.39. The van der Waals surface area contributed by atoms with Gasteiger partial charge in [0.1, 0.15) is 17.0 Å². The zero-order chi connectivity index (χ0) is 24.0. The molecule has 0 radical (unpaired) electrons. The van der Waals surface area contributed by atoms with Gasteiger partial charge in [0.2, 0.25) is 5.91 Å². The highest BCUT2D eigenvalue weighted by Crippen LogP contribution is 2.58. The smallest absolute Gasteiger partial charge is 0.228 e. The Bertz CT molecular complexity index is 1350. The van der Waals surface area contributed by atoms with E-state index >= 15 is 0 Å². The molecule has 3 aromatic rings. The van der Waals surface area contributed by atoms with E-state index in [4.69, 9.17) is 10.2 Å². The predicted molar refractivity (Wildman–Crippen MR) is 131 cm³/mol. The Morgan fingerprint density at radius 1 is 1.17 bits per heavy atom. The van der Waals surface area contributed by atoms with Gasteiger partial charge >= 0.3 is 0 Å². The summed E-state index contributed by atoms with van der Waals surface area (Å²) in [5.74, 6) is 1.28. The first kappa shape index (κ1) is 22.1. The molecule has 2 N–H and O–H groups in total. The molecule has 1 amide bonds. The Labute approximate surface area is 204 Å². The lowest BCUT2D eigenvalue weighted by molar-refractivity contribution is -0.122. The number of rotatable bonds is 6. The molecule has 3 fully saturated rings. The van der Waals surface area contributed by atoms with Gasteiger partial charge in [-0.05, 0) is 75.2 Å². The lowest BCUT2D eigenvalue weighted by Crippen LogP contribution is -2.46. The minimum Gasteiger partial charge on any atom is -0.350 e. The summed E-state index contributed by atoms with van der Waals surface area (Å²) in [6, 6.07) is 7.00. The van der Waals surface area contributed by atoms with Crippen molar-refractivity contribution in [2.45, 2.75) is 88.6 Å². The first-order chi connectivity index (χ1) is 17.0. The molecule has 3 aliphatic rings. The van der Waals surface area contributed by atoms with Crippen molar-refractivity contribution < 1.29 is 4.79 Å². The number of carbonyl (C=O) groups excluding carboxylic acids is 1. The van der Waals surface area contributed by atoms with Crippen molar-refractivity contribution in [2.75, 3.05) is 0 Å². The first-order valence-electron chi connectivity index (χ1n) is 12.9. The Balaban J connectivity index is 1.29. The Kier molecular flexibility index (Phi) is 5.29. The number of aromatic nitrogens is 4. The predicted octanol–water partition coefficient (Wildman–Crippen LogP) is 4.83. The summed E-state index contributed by atoms with van der Waals surface area (Å²) >= 11 is 0. The number of amides is 1. The number of aromatic amines is 1. The van der Waals surface area contributed by atoms with Crippen LogP contribution in [0, 0.1) is 34.0 Å². The van der Waals surface area contributed by atoms with E-state index in [-0.39, 0.29) is 29.3 Å². The van der Waals surface area contributed by atoms with Crippen LogP contribution in [0.1, 0.15) is 82.5 Å². The maximum absolute atomic E-state index is 13.4. The van der Waals surface area contributed by atoms with Crippen molar-refractivity contribution in [1.82, 2.24) is 24.8 Å². The number of nitrogens with one attached hydrogen (secondary N) is 2. The molecular formula is C27H31N7O. The van der Waals surface area contributed by atoms with Gasteiger partial charge in [-0.15, -0.1) is 0 Å². The van der Waals surface area contributed by atoms with Crippen LogP contribution in [0.15, 0.2) is 18.5 Å². The second kappa shape index (κ2) is 8.37. The van der Waals surface area contributed by atoms with E-state index in [0.717, 1.165) is 85.7 Å². The van der Waals surface area contributed by atoms with E-state index in [1.165, 1.54) is 0 Å². The molecule has 2 bridgehead atoms. The molecule has 0 aromatic carbocycles. The molecule has 8 nitrogen and oxygen atoms in total. The van der Waals surface area contributed by atoms with Crippen LogP contribution < -0.4 is 5.32 Å². The number of nitrogens with zero attached hydrogens (tertiary/aromatic N) is 5. The Morgan fingerprint density at radius 2 is 1.97 bits per heavy atom. The van der Waals surface area contributed by atoms with Gasteiger partial charge in [0.15, 0.2) is 0 Å². The molecule has 180 valence electrons. The lowest BCUT2D eigenvalue weighted by atomic mass is 9.81. The second-order valence-corrected chi connectivity index (χ2v) is 11.2. The molecule has 0 aliphatic heterocycles. The van der Waals surface area contributed by atoms with Crippen LogP contribution in [-0.2, 0) is 11.2 Å². The monoisotopic (exact) mass is 469 g/mol. The van der Waals surface area contributed by atoms with Crippen molar-refractivity contribution in [3.8, 4) is 12.1 Å². The van der Waals surface area contributed by atoms with Crippen LogP contribution >= 0.6 is 0 Å². The van der Waals surface area contributed by atoms with Crippen LogP contribution in [0.2, 0.25) is 0 Å². The number of imidazole rings is 1. The molecule has 3 aliphatic carbocycles. The lowest BCUT2D eigenvalue weighted by Gasteiger charge is -2.30. The summed E-state index contributed by atoms with van der Waals surface area (Å²) in [5, 5.41) is 22.8. The van der Waals surface area contributed by atoms with E-state index < -0.39 is 0 Å². The van der Waals surface area contributed by atoms with Gasteiger partial charge in [0.05, 0.1) is 30.3 Å². The minimum absolute atomic E-state index is 0.0210. The number of H-pyrrole nitrogens is 1. The quantitative estimate of drug-likeness (QED) is 0.535. The van der Waals surface area contributed by atoms with Crippen LogP contribution in [0.5, 0.6) is 0 Å². The van der Waals surface area contributed by atoms with Gasteiger partial charge in [0.25, 0.3) is 0 Å². The molecule has 3 aromatic heterocycles. The van der Waals surface area contributed by atoms with Crippen LogP contribution in [0.3, 0.4) is 0 Å². The molecule has 0 saturated heterocycles. The summed E-state index contributed by atoms with van der Waals surface area (Å²) in [7, 11) is 0. The topological polar surface area (TPSA) is 123 Å². The largest absolute Gasteiger partial charge is 0.350 e. The van der Waals surface area contributed by atoms with Gasteiger partial charge in [-0.2, -0.15) is 10.5 Å². The maximum Gasteiger partial charge on any atom is 0.228 e. The van der Waals surface area contributed by atoms with Gasteiger partial charge in [-0.1, -0.05) is 0 Å². The van der Waals surface area contributed by atoms with Crippen LogP contribution in [-0.4, -0.2) is 31.0 Å². The van der Waals surface area contributed by atoms with Crippen molar-refractivity contribution in [3.05, 3.63) is 24.3 Å². The molecule has 0 atom stereocenters. The fourth-order valence-electron chi connectivity index (χ4n) is 7.28. The summed E-state index contributed by atoms with van der Waals surface area (Å²) in [5.41, 5.74) is 2.65. The number of carbonyl (C=O) groups is 1. The zero-order valence-corrected chi connectivity index (χ0v) is 20.0. The van der Waals surface area contributed by atoms with Crippen LogP contribution in [0.4, 0.5) is 0 Å². The summed E-state index contributed by atoms with van der Waals surface area (Å²) in [6.07, 6.45) is 14.1. The third-order valence-electron chi connectivity index (χ3n) is 9.03. The Morgan fingerprint density at radius 3 is 2.71 bits per heavy atom. The summed E-state index contributed by atoms with van der Waals surface area (Å²) in [6.45, 7) is 0. The van der Waals surface area contributed by atoms with Crippen molar-refractivity contribution >= 4 is 28.0 Å². The first-order valence-corrected chi connectivity index (χ1v) is 12.9. The number of pyridine rings is 1. The SMILES string of the molecule is N#CCC1CCC(n2c(CC(=O)NC34CCC(CC#N)(CC3)C4)nc3cnc4[nH]ccc4c32)CC1. The minimum atomic E-state index is -0.157.